The highest BCUT2D eigenvalue weighted by molar-refractivity contribution is 4.95. The first kappa shape index (κ1) is 32.4. The summed E-state index contributed by atoms with van der Waals surface area (Å²) in [6, 6.07) is 0. The van der Waals surface area contributed by atoms with E-state index in [1.54, 1.807) is 0 Å². The number of halogens is 10. The molecule has 190 valence electrons. The number of unbranched alkanes of at least 4 members (excludes halogenated alkanes) is 4. The zero-order valence-corrected chi connectivity index (χ0v) is 18.7. The lowest BCUT2D eigenvalue weighted by molar-refractivity contribution is -0.929. The third kappa shape index (κ3) is 10.2. The average molecular weight is 480 g/mol. The minimum absolute atomic E-state index is 1.35. The van der Waals surface area contributed by atoms with Gasteiger partial charge in [0.05, 0.1) is 26.2 Å². The highest BCUT2D eigenvalue weighted by Crippen LogP contribution is 2.53. The van der Waals surface area contributed by atoms with Crippen LogP contribution in [-0.2, 0) is 0 Å². The SMILES string of the molecule is CCCC[N+](CCCC)(CCCC)CCCC.FC(F)(F)C(F)(F)C(F)(F)C(F)(F)F. The van der Waals surface area contributed by atoms with Crippen molar-refractivity contribution in [1.29, 1.82) is 0 Å². The molecule has 0 atom stereocenters. The largest absolute Gasteiger partial charge is 0.460 e. The summed E-state index contributed by atoms with van der Waals surface area (Å²) < 4.78 is 115. The smallest absolute Gasteiger partial charge is 0.324 e. The maximum absolute atomic E-state index is 11.6. The first-order chi connectivity index (χ1) is 14.0. The van der Waals surface area contributed by atoms with E-state index in [0.29, 0.717) is 0 Å². The normalized spacial score (nSPS) is 13.7. The molecule has 0 aliphatic heterocycles. The molecular formula is C20H36F10N+. The summed E-state index contributed by atoms with van der Waals surface area (Å²) in [5.74, 6) is -14.3. The second kappa shape index (κ2) is 13.7. The molecule has 0 aliphatic rings. The van der Waals surface area contributed by atoms with Gasteiger partial charge in [-0.25, -0.2) is 0 Å². The van der Waals surface area contributed by atoms with Gasteiger partial charge in [-0.2, -0.15) is 43.9 Å². The van der Waals surface area contributed by atoms with Gasteiger partial charge in [-0.3, -0.25) is 0 Å². The maximum Gasteiger partial charge on any atom is 0.460 e. The minimum atomic E-state index is -7.14. The van der Waals surface area contributed by atoms with Crippen LogP contribution < -0.4 is 0 Å². The number of quaternary nitrogens is 1. The summed E-state index contributed by atoms with van der Waals surface area (Å²) in [4.78, 5) is 0. The molecule has 0 aromatic carbocycles. The number of hydrogen-bond acceptors (Lipinski definition) is 0. The lowest BCUT2D eigenvalue weighted by Gasteiger charge is -2.39. The van der Waals surface area contributed by atoms with Crippen molar-refractivity contribution < 1.29 is 48.4 Å². The van der Waals surface area contributed by atoms with Gasteiger partial charge in [0, 0.05) is 0 Å². The topological polar surface area (TPSA) is 0 Å². The van der Waals surface area contributed by atoms with E-state index >= 15 is 0 Å². The van der Waals surface area contributed by atoms with Crippen LogP contribution in [0.4, 0.5) is 43.9 Å². The Hall–Kier alpha value is -0.740. The number of nitrogens with zero attached hydrogens (tertiary/aromatic N) is 1. The molecule has 0 unspecified atom stereocenters. The minimum Gasteiger partial charge on any atom is -0.324 e. The zero-order chi connectivity index (χ0) is 25.0. The van der Waals surface area contributed by atoms with E-state index in [2.05, 4.69) is 27.7 Å². The quantitative estimate of drug-likeness (QED) is 0.183. The van der Waals surface area contributed by atoms with E-state index in [1.807, 2.05) is 0 Å². The van der Waals surface area contributed by atoms with Gasteiger partial charge in [0.15, 0.2) is 0 Å². The summed E-state index contributed by atoms with van der Waals surface area (Å²) in [5, 5.41) is 0. The molecule has 0 fully saturated rings. The average Bonchev–Trinajstić information content (AvgIpc) is 2.65. The number of rotatable bonds is 13. The van der Waals surface area contributed by atoms with Crippen LogP contribution in [0, 0.1) is 0 Å². The van der Waals surface area contributed by atoms with Crippen molar-refractivity contribution in [1.82, 2.24) is 0 Å². The predicted molar refractivity (Wildman–Crippen MR) is 101 cm³/mol. The molecule has 11 heteroatoms. The van der Waals surface area contributed by atoms with Crippen molar-refractivity contribution in [2.24, 2.45) is 0 Å². The van der Waals surface area contributed by atoms with Crippen LogP contribution in [0.1, 0.15) is 79.1 Å². The third-order valence-corrected chi connectivity index (χ3v) is 5.05. The standard InChI is InChI=1S/C16H36N.C4F10/c1-5-9-13-17(14-10-6-2,15-11-7-3)16-12-8-4;5-1(6,3(9,10)11)2(7,8)4(12,13)14/h5-16H2,1-4H3;/q+1;. The Kier molecular flexibility index (Phi) is 14.4. The fraction of sp³-hybridized carbons (Fsp3) is 1.00. The van der Waals surface area contributed by atoms with E-state index < -0.39 is 24.2 Å². The molecule has 0 aromatic rings. The second-order valence-electron chi connectivity index (χ2n) is 7.79. The fourth-order valence-corrected chi connectivity index (χ4v) is 3.00. The molecule has 0 saturated heterocycles. The summed E-state index contributed by atoms with van der Waals surface area (Å²) in [5.41, 5.74) is 0. The van der Waals surface area contributed by atoms with Crippen LogP contribution in [0.5, 0.6) is 0 Å². The molecule has 0 heterocycles. The van der Waals surface area contributed by atoms with Crippen molar-refractivity contribution in [2.75, 3.05) is 26.2 Å². The van der Waals surface area contributed by atoms with Crippen LogP contribution in [0.25, 0.3) is 0 Å². The van der Waals surface area contributed by atoms with E-state index in [1.165, 1.54) is 82.0 Å². The fourth-order valence-electron chi connectivity index (χ4n) is 3.00. The van der Waals surface area contributed by atoms with Crippen molar-refractivity contribution in [3.8, 4) is 0 Å². The first-order valence-electron chi connectivity index (χ1n) is 10.7. The lowest BCUT2D eigenvalue weighted by Crippen LogP contribution is -2.59. The first-order valence-corrected chi connectivity index (χ1v) is 10.7. The molecule has 0 bridgehead atoms. The maximum atomic E-state index is 11.6. The molecule has 0 spiro atoms. The molecule has 0 radical (unpaired) electrons. The van der Waals surface area contributed by atoms with Gasteiger partial charge in [-0.15, -0.1) is 0 Å². The highest BCUT2D eigenvalue weighted by Gasteiger charge is 2.82. The summed E-state index contributed by atoms with van der Waals surface area (Å²) >= 11 is 0. The molecule has 31 heavy (non-hydrogen) atoms. The van der Waals surface area contributed by atoms with Crippen LogP contribution in [0.3, 0.4) is 0 Å². The Bertz CT molecular complexity index is 396. The molecule has 0 N–H and O–H groups in total. The molecule has 0 aromatic heterocycles. The third-order valence-electron chi connectivity index (χ3n) is 5.05. The van der Waals surface area contributed by atoms with E-state index in [4.69, 9.17) is 0 Å². The van der Waals surface area contributed by atoms with Crippen molar-refractivity contribution in [2.45, 2.75) is 103 Å². The molecule has 0 aliphatic carbocycles. The summed E-state index contributed by atoms with van der Waals surface area (Å²) in [6.45, 7) is 15.0. The highest BCUT2D eigenvalue weighted by atomic mass is 19.4. The van der Waals surface area contributed by atoms with Gasteiger partial charge in [-0.05, 0) is 25.7 Å². The molecular weight excluding hydrogens is 444 g/mol. The molecule has 0 rings (SSSR count). The van der Waals surface area contributed by atoms with Gasteiger partial charge in [-0.1, -0.05) is 53.4 Å². The number of hydrogen-bond donors (Lipinski definition) is 0. The molecule has 1 nitrogen and oxygen atoms in total. The van der Waals surface area contributed by atoms with Crippen molar-refractivity contribution in [3.63, 3.8) is 0 Å². The van der Waals surface area contributed by atoms with Gasteiger partial charge < -0.3 is 4.48 Å². The summed E-state index contributed by atoms with van der Waals surface area (Å²) in [7, 11) is 0. The van der Waals surface area contributed by atoms with Gasteiger partial charge in [0.1, 0.15) is 0 Å². The van der Waals surface area contributed by atoms with E-state index in [9.17, 15) is 43.9 Å². The monoisotopic (exact) mass is 480 g/mol. The van der Waals surface area contributed by atoms with Crippen LogP contribution in [0.15, 0.2) is 0 Å². The molecule has 0 saturated carbocycles. The summed E-state index contributed by atoms with van der Waals surface area (Å²) in [6.07, 6.45) is -2.87. The Labute approximate surface area is 178 Å². The van der Waals surface area contributed by atoms with E-state index in [-0.39, 0.29) is 0 Å². The zero-order valence-electron chi connectivity index (χ0n) is 18.7. The lowest BCUT2D eigenvalue weighted by atomic mass is 10.1. The second-order valence-corrected chi connectivity index (χ2v) is 7.79. The van der Waals surface area contributed by atoms with Crippen molar-refractivity contribution in [3.05, 3.63) is 0 Å². The van der Waals surface area contributed by atoms with Gasteiger partial charge >= 0.3 is 24.2 Å². The Morgan fingerprint density at radius 2 is 0.613 bits per heavy atom. The molecule has 0 amide bonds. The van der Waals surface area contributed by atoms with Gasteiger partial charge in [0.2, 0.25) is 0 Å². The predicted octanol–water partition coefficient (Wildman–Crippen LogP) is 8.39. The Morgan fingerprint density at radius 3 is 0.742 bits per heavy atom. The van der Waals surface area contributed by atoms with Crippen LogP contribution >= 0.6 is 0 Å². The van der Waals surface area contributed by atoms with Crippen LogP contribution in [0.2, 0.25) is 0 Å². The van der Waals surface area contributed by atoms with E-state index in [0.717, 1.165) is 0 Å². The van der Waals surface area contributed by atoms with Crippen molar-refractivity contribution >= 4 is 0 Å². The Balaban J connectivity index is 0. The van der Waals surface area contributed by atoms with Gasteiger partial charge in [0.25, 0.3) is 0 Å². The van der Waals surface area contributed by atoms with Crippen LogP contribution in [-0.4, -0.2) is 54.9 Å². The number of alkyl halides is 10. The Morgan fingerprint density at radius 1 is 0.419 bits per heavy atom.